The molecule has 0 aliphatic carbocycles. The van der Waals surface area contributed by atoms with E-state index in [1.165, 1.54) is 6.39 Å². The normalized spacial score (nSPS) is 16.7. The van der Waals surface area contributed by atoms with Gasteiger partial charge in [-0.25, -0.2) is 9.78 Å². The Labute approximate surface area is 169 Å². The number of oxazole rings is 1. The first-order valence-electron chi connectivity index (χ1n) is 9.32. The molecule has 1 aliphatic heterocycles. The van der Waals surface area contributed by atoms with Crippen molar-refractivity contribution in [1.82, 2.24) is 20.1 Å². The lowest BCUT2D eigenvalue weighted by atomic mass is 10.0. The van der Waals surface area contributed by atoms with Gasteiger partial charge in [0, 0.05) is 31.7 Å². The number of aryl methyl sites for hydroxylation is 2. The van der Waals surface area contributed by atoms with Crippen molar-refractivity contribution in [3.05, 3.63) is 52.2 Å². The van der Waals surface area contributed by atoms with Gasteiger partial charge in [-0.15, -0.1) is 0 Å². The van der Waals surface area contributed by atoms with Gasteiger partial charge in [-0.2, -0.15) is 0 Å². The van der Waals surface area contributed by atoms with Crippen LogP contribution < -0.4 is 5.32 Å². The maximum absolute atomic E-state index is 12.7. The number of amides is 3. The quantitative estimate of drug-likeness (QED) is 0.847. The topological polar surface area (TPSA) is 78.7 Å². The van der Waals surface area contributed by atoms with Crippen LogP contribution in [-0.4, -0.2) is 52.9 Å². The summed E-state index contributed by atoms with van der Waals surface area (Å²) in [6, 6.07) is 5.48. The number of likely N-dealkylation sites (N-methyl/N-ethyl adjacent to an activating group) is 1. The summed E-state index contributed by atoms with van der Waals surface area (Å²) in [4.78, 5) is 32.6. The van der Waals surface area contributed by atoms with E-state index in [4.69, 9.17) is 16.0 Å². The summed E-state index contributed by atoms with van der Waals surface area (Å²) in [5.74, 6) is 0.0935. The fourth-order valence-electron chi connectivity index (χ4n) is 3.39. The van der Waals surface area contributed by atoms with Gasteiger partial charge >= 0.3 is 6.03 Å². The Hall–Kier alpha value is -2.54. The van der Waals surface area contributed by atoms with Crippen molar-refractivity contribution in [3.63, 3.8) is 0 Å². The third kappa shape index (κ3) is 4.47. The van der Waals surface area contributed by atoms with Crippen LogP contribution in [0, 0.1) is 13.8 Å². The van der Waals surface area contributed by atoms with Gasteiger partial charge in [0.25, 0.3) is 5.91 Å². The van der Waals surface area contributed by atoms with Crippen molar-refractivity contribution < 1.29 is 14.0 Å². The van der Waals surface area contributed by atoms with Gasteiger partial charge in [0.05, 0.1) is 11.7 Å². The molecule has 7 nitrogen and oxygen atoms in total. The average molecular weight is 405 g/mol. The van der Waals surface area contributed by atoms with E-state index in [-0.39, 0.29) is 23.7 Å². The van der Waals surface area contributed by atoms with Crippen LogP contribution in [0.1, 0.15) is 40.2 Å². The second-order valence-corrected chi connectivity index (χ2v) is 7.57. The van der Waals surface area contributed by atoms with Crippen molar-refractivity contribution in [1.29, 1.82) is 0 Å². The van der Waals surface area contributed by atoms with E-state index in [0.29, 0.717) is 30.4 Å². The minimum absolute atomic E-state index is 0.0483. The molecule has 2 aromatic rings. The van der Waals surface area contributed by atoms with Crippen LogP contribution in [0.25, 0.3) is 0 Å². The number of halogens is 1. The predicted octanol–water partition coefficient (Wildman–Crippen LogP) is 3.39. The Morgan fingerprint density at radius 3 is 2.86 bits per heavy atom. The van der Waals surface area contributed by atoms with Crippen LogP contribution in [0.4, 0.5) is 4.79 Å². The Morgan fingerprint density at radius 1 is 1.39 bits per heavy atom. The van der Waals surface area contributed by atoms with Gasteiger partial charge in [-0.05, 0) is 43.9 Å². The molecule has 1 N–H and O–H groups in total. The molecule has 3 amide bonds. The van der Waals surface area contributed by atoms with Gasteiger partial charge in [0.15, 0.2) is 6.39 Å². The van der Waals surface area contributed by atoms with Crippen LogP contribution in [0.3, 0.4) is 0 Å². The molecule has 1 aromatic heterocycles. The molecule has 1 fully saturated rings. The number of hydrogen-bond acceptors (Lipinski definition) is 4. The molecule has 1 atom stereocenters. The van der Waals surface area contributed by atoms with E-state index in [0.717, 1.165) is 24.0 Å². The standard InChI is InChI=1S/C20H25ClN4O3/c1-13-9-15(6-7-17(13)21)10-22-20(27)24(3)16-5-4-8-25(11-16)19(26)18-14(2)23-12-28-18/h6-7,9,12,16H,4-5,8,10-11H2,1-3H3,(H,22,27)/t16-/m1/s1. The molecule has 1 aliphatic rings. The number of nitrogens with one attached hydrogen (secondary N) is 1. The minimum Gasteiger partial charge on any atom is -0.438 e. The Bertz CT molecular complexity index is 867. The van der Waals surface area contributed by atoms with Gasteiger partial charge in [-0.3, -0.25) is 4.79 Å². The number of benzene rings is 1. The molecule has 8 heteroatoms. The number of likely N-dealkylation sites (tertiary alicyclic amines) is 1. The van der Waals surface area contributed by atoms with Gasteiger partial charge < -0.3 is 19.5 Å². The highest BCUT2D eigenvalue weighted by Gasteiger charge is 2.30. The van der Waals surface area contributed by atoms with Gasteiger partial charge in [0.2, 0.25) is 5.76 Å². The monoisotopic (exact) mass is 404 g/mol. The maximum Gasteiger partial charge on any atom is 0.317 e. The van der Waals surface area contributed by atoms with E-state index >= 15 is 0 Å². The predicted molar refractivity (Wildman–Crippen MR) is 106 cm³/mol. The molecule has 1 saturated heterocycles. The average Bonchev–Trinajstić information content (AvgIpc) is 3.13. The van der Waals surface area contributed by atoms with E-state index in [1.54, 1.807) is 23.8 Å². The lowest BCUT2D eigenvalue weighted by Gasteiger charge is -2.37. The summed E-state index contributed by atoms with van der Waals surface area (Å²) < 4.78 is 5.22. The lowest BCUT2D eigenvalue weighted by Crippen LogP contribution is -2.52. The van der Waals surface area contributed by atoms with E-state index < -0.39 is 0 Å². The van der Waals surface area contributed by atoms with Crippen molar-refractivity contribution >= 4 is 23.5 Å². The third-order valence-electron chi connectivity index (χ3n) is 5.16. The zero-order valence-corrected chi connectivity index (χ0v) is 17.1. The zero-order valence-electron chi connectivity index (χ0n) is 16.4. The highest BCUT2D eigenvalue weighted by Crippen LogP contribution is 2.19. The molecule has 0 spiro atoms. The second kappa shape index (κ2) is 8.65. The molecule has 28 heavy (non-hydrogen) atoms. The molecule has 0 bridgehead atoms. The highest BCUT2D eigenvalue weighted by atomic mass is 35.5. The van der Waals surface area contributed by atoms with Crippen molar-refractivity contribution in [2.75, 3.05) is 20.1 Å². The number of carbonyl (C=O) groups is 2. The summed E-state index contributed by atoms with van der Waals surface area (Å²) in [6.45, 7) is 5.23. The molecule has 2 heterocycles. The van der Waals surface area contributed by atoms with Crippen LogP contribution in [0.2, 0.25) is 5.02 Å². The fraction of sp³-hybridized carbons (Fsp3) is 0.450. The first-order valence-corrected chi connectivity index (χ1v) is 9.69. The number of rotatable bonds is 4. The van der Waals surface area contributed by atoms with E-state index in [1.807, 2.05) is 25.1 Å². The Balaban J connectivity index is 1.57. The van der Waals surface area contributed by atoms with Crippen LogP contribution in [-0.2, 0) is 6.54 Å². The molecule has 1 aromatic carbocycles. The highest BCUT2D eigenvalue weighted by molar-refractivity contribution is 6.31. The van der Waals surface area contributed by atoms with Gasteiger partial charge in [-0.1, -0.05) is 23.7 Å². The SMILES string of the molecule is Cc1cc(CNC(=O)N(C)[C@@H]2CCCN(C(=O)c3ocnc3C)C2)ccc1Cl. The summed E-state index contributed by atoms with van der Waals surface area (Å²) in [5, 5.41) is 3.64. The Kier molecular flexibility index (Phi) is 6.24. The van der Waals surface area contributed by atoms with Crippen molar-refractivity contribution in [3.8, 4) is 0 Å². The number of hydrogen-bond donors (Lipinski definition) is 1. The van der Waals surface area contributed by atoms with E-state index in [2.05, 4.69) is 10.3 Å². The smallest absolute Gasteiger partial charge is 0.317 e. The molecule has 0 unspecified atom stereocenters. The van der Waals surface area contributed by atoms with Crippen LogP contribution in [0.15, 0.2) is 29.0 Å². The Morgan fingerprint density at radius 2 is 2.18 bits per heavy atom. The molecule has 3 rings (SSSR count). The van der Waals surface area contributed by atoms with Crippen molar-refractivity contribution in [2.24, 2.45) is 0 Å². The summed E-state index contributed by atoms with van der Waals surface area (Å²) in [7, 11) is 1.76. The lowest BCUT2D eigenvalue weighted by molar-refractivity contribution is 0.0605. The number of nitrogens with zero attached hydrogens (tertiary/aromatic N) is 3. The number of urea groups is 1. The van der Waals surface area contributed by atoms with E-state index in [9.17, 15) is 9.59 Å². The maximum atomic E-state index is 12.7. The molecule has 0 radical (unpaired) electrons. The molecule has 150 valence electrons. The minimum atomic E-state index is -0.176. The zero-order chi connectivity index (χ0) is 20.3. The third-order valence-corrected chi connectivity index (χ3v) is 5.58. The van der Waals surface area contributed by atoms with Gasteiger partial charge in [0.1, 0.15) is 0 Å². The number of aromatic nitrogens is 1. The fourth-order valence-corrected chi connectivity index (χ4v) is 3.51. The molecular weight excluding hydrogens is 380 g/mol. The first-order chi connectivity index (χ1) is 13.4. The summed E-state index contributed by atoms with van der Waals surface area (Å²) >= 11 is 6.04. The number of piperidine rings is 1. The molecule has 0 saturated carbocycles. The summed E-state index contributed by atoms with van der Waals surface area (Å²) in [6.07, 6.45) is 2.96. The largest absolute Gasteiger partial charge is 0.438 e. The summed E-state index contributed by atoms with van der Waals surface area (Å²) in [5.41, 5.74) is 2.55. The molecular formula is C20H25ClN4O3. The second-order valence-electron chi connectivity index (χ2n) is 7.17. The first kappa shape index (κ1) is 20.2. The van der Waals surface area contributed by atoms with Crippen molar-refractivity contribution in [2.45, 2.75) is 39.3 Å². The number of carbonyl (C=O) groups excluding carboxylic acids is 2. The van der Waals surface area contributed by atoms with Crippen LogP contribution >= 0.6 is 11.6 Å². The van der Waals surface area contributed by atoms with Crippen LogP contribution in [0.5, 0.6) is 0 Å².